The van der Waals surface area contributed by atoms with Crippen LogP contribution in [0.3, 0.4) is 0 Å². The lowest BCUT2D eigenvalue weighted by Gasteiger charge is -2.33. The van der Waals surface area contributed by atoms with Crippen LogP contribution >= 0.6 is 0 Å². The molecule has 140 valence electrons. The molecule has 1 amide bonds. The molecule has 7 heteroatoms. The second-order valence-electron chi connectivity index (χ2n) is 6.32. The Labute approximate surface area is 150 Å². The molecule has 25 heavy (non-hydrogen) atoms. The number of piperidine rings is 1. The second-order valence-corrected chi connectivity index (χ2v) is 8.26. The van der Waals surface area contributed by atoms with Gasteiger partial charge in [0.05, 0.1) is 12.0 Å². The van der Waals surface area contributed by atoms with Gasteiger partial charge in [-0.1, -0.05) is 0 Å². The van der Waals surface area contributed by atoms with E-state index >= 15 is 0 Å². The molecule has 1 fully saturated rings. The molecule has 1 saturated heterocycles. The fourth-order valence-corrected chi connectivity index (χ4v) is 4.85. The summed E-state index contributed by atoms with van der Waals surface area (Å²) >= 11 is 0. The summed E-state index contributed by atoms with van der Waals surface area (Å²) in [5.74, 6) is 0.730. The number of hydrogen-bond donors (Lipinski definition) is 0. The third kappa shape index (κ3) is 4.15. The highest BCUT2D eigenvalue weighted by atomic mass is 32.2. The number of ether oxygens (including phenoxy) is 1. The molecular weight excluding hydrogens is 340 g/mol. The minimum absolute atomic E-state index is 0.0797. The van der Waals surface area contributed by atoms with Crippen molar-refractivity contribution in [3.05, 3.63) is 23.8 Å². The molecule has 0 atom stereocenters. The summed E-state index contributed by atoms with van der Waals surface area (Å²) < 4.78 is 32.4. The van der Waals surface area contributed by atoms with Gasteiger partial charge in [-0.2, -0.15) is 4.31 Å². The van der Waals surface area contributed by atoms with Gasteiger partial charge in [-0.15, -0.1) is 0 Å². The maximum Gasteiger partial charge on any atom is 0.243 e. The first-order valence-electron chi connectivity index (χ1n) is 8.78. The zero-order valence-corrected chi connectivity index (χ0v) is 16.3. The van der Waals surface area contributed by atoms with Gasteiger partial charge >= 0.3 is 0 Å². The van der Waals surface area contributed by atoms with Crippen LogP contribution < -0.4 is 4.74 Å². The first-order valence-corrected chi connectivity index (χ1v) is 10.2. The quantitative estimate of drug-likeness (QED) is 0.773. The molecule has 0 unspecified atom stereocenters. The summed E-state index contributed by atoms with van der Waals surface area (Å²) in [6.07, 6.45) is 1.15. The predicted molar refractivity (Wildman–Crippen MR) is 97.1 cm³/mol. The first-order chi connectivity index (χ1) is 11.8. The van der Waals surface area contributed by atoms with E-state index in [9.17, 15) is 13.2 Å². The molecule has 0 aliphatic carbocycles. The van der Waals surface area contributed by atoms with E-state index in [1.54, 1.807) is 25.3 Å². The molecule has 1 heterocycles. The number of nitrogens with zero attached hydrogens (tertiary/aromatic N) is 2. The number of carbonyl (C=O) groups excluding carboxylic acids is 1. The van der Waals surface area contributed by atoms with E-state index in [0.717, 1.165) is 5.56 Å². The number of aryl methyl sites for hydroxylation is 1. The van der Waals surface area contributed by atoms with Crippen molar-refractivity contribution in [2.24, 2.45) is 5.92 Å². The predicted octanol–water partition coefficient (Wildman–Crippen LogP) is 2.27. The molecule has 1 aromatic rings. The number of benzene rings is 1. The largest absolute Gasteiger partial charge is 0.496 e. The van der Waals surface area contributed by atoms with Crippen LogP contribution in [0.5, 0.6) is 5.75 Å². The maximum atomic E-state index is 12.9. The molecule has 1 aliphatic rings. The van der Waals surface area contributed by atoms with E-state index in [-0.39, 0.29) is 16.7 Å². The lowest BCUT2D eigenvalue weighted by molar-refractivity contribution is -0.136. The average Bonchev–Trinajstić information content (AvgIpc) is 2.62. The minimum Gasteiger partial charge on any atom is -0.496 e. The van der Waals surface area contributed by atoms with Crippen molar-refractivity contribution in [2.45, 2.75) is 38.5 Å². The Bertz CT molecular complexity index is 706. The molecule has 0 aromatic heterocycles. The molecule has 0 N–H and O–H groups in total. The number of carbonyl (C=O) groups is 1. The standard InChI is InChI=1S/C18H28N2O4S/c1-5-19(6-2)18(21)15-9-11-20(12-10-15)25(22,23)16-7-8-17(24-4)14(3)13-16/h7-8,13,15H,5-6,9-12H2,1-4H3. The highest BCUT2D eigenvalue weighted by molar-refractivity contribution is 7.89. The summed E-state index contributed by atoms with van der Waals surface area (Å²) in [6.45, 7) is 7.90. The Morgan fingerprint density at radius 3 is 2.32 bits per heavy atom. The van der Waals surface area contributed by atoms with Crippen molar-refractivity contribution < 1.29 is 17.9 Å². The molecule has 0 spiro atoms. The second kappa shape index (κ2) is 8.19. The summed E-state index contributed by atoms with van der Waals surface area (Å²) in [4.78, 5) is 14.5. The Morgan fingerprint density at radius 1 is 1.24 bits per heavy atom. The molecule has 2 rings (SSSR count). The smallest absolute Gasteiger partial charge is 0.243 e. The van der Waals surface area contributed by atoms with Crippen LogP contribution in [0.2, 0.25) is 0 Å². The van der Waals surface area contributed by atoms with E-state index in [1.165, 1.54) is 4.31 Å². The van der Waals surface area contributed by atoms with E-state index in [2.05, 4.69) is 0 Å². The van der Waals surface area contributed by atoms with E-state index in [4.69, 9.17) is 4.74 Å². The van der Waals surface area contributed by atoms with Crippen LogP contribution in [0.25, 0.3) is 0 Å². The van der Waals surface area contributed by atoms with Gasteiger partial charge in [0, 0.05) is 32.1 Å². The lowest BCUT2D eigenvalue weighted by Crippen LogP contribution is -2.44. The van der Waals surface area contributed by atoms with Crippen LogP contribution in [0.1, 0.15) is 32.3 Å². The molecule has 0 radical (unpaired) electrons. The summed E-state index contributed by atoms with van der Waals surface area (Å²) in [5.41, 5.74) is 0.787. The minimum atomic E-state index is -3.54. The van der Waals surface area contributed by atoms with Crippen molar-refractivity contribution in [3.8, 4) is 5.75 Å². The van der Waals surface area contributed by atoms with Gasteiger partial charge in [-0.05, 0) is 57.4 Å². The van der Waals surface area contributed by atoms with Crippen LogP contribution in [0.15, 0.2) is 23.1 Å². The van der Waals surface area contributed by atoms with Crippen LogP contribution in [-0.4, -0.2) is 56.8 Å². The van der Waals surface area contributed by atoms with Gasteiger partial charge < -0.3 is 9.64 Å². The molecule has 6 nitrogen and oxygen atoms in total. The molecule has 1 aromatic carbocycles. The zero-order valence-electron chi connectivity index (χ0n) is 15.5. The van der Waals surface area contributed by atoms with Gasteiger partial charge in [-0.25, -0.2) is 8.42 Å². The SMILES string of the molecule is CCN(CC)C(=O)C1CCN(S(=O)(=O)c2ccc(OC)c(C)c2)CC1. The highest BCUT2D eigenvalue weighted by Gasteiger charge is 2.33. The fourth-order valence-electron chi connectivity index (χ4n) is 3.30. The van der Waals surface area contributed by atoms with Crippen molar-refractivity contribution in [3.63, 3.8) is 0 Å². The Kier molecular flexibility index (Phi) is 6.46. The van der Waals surface area contributed by atoms with Gasteiger partial charge in [0.1, 0.15) is 5.75 Å². The van der Waals surface area contributed by atoms with Crippen molar-refractivity contribution in [1.82, 2.24) is 9.21 Å². The van der Waals surface area contributed by atoms with Crippen LogP contribution in [-0.2, 0) is 14.8 Å². The van der Waals surface area contributed by atoms with Crippen LogP contribution in [0.4, 0.5) is 0 Å². The van der Waals surface area contributed by atoms with Gasteiger partial charge in [-0.3, -0.25) is 4.79 Å². The molecule has 1 aliphatic heterocycles. The summed E-state index contributed by atoms with van der Waals surface area (Å²) in [7, 11) is -1.97. The van der Waals surface area contributed by atoms with E-state index in [1.807, 2.05) is 25.7 Å². The van der Waals surface area contributed by atoms with E-state index in [0.29, 0.717) is 44.8 Å². The van der Waals surface area contributed by atoms with Crippen molar-refractivity contribution >= 4 is 15.9 Å². The number of hydrogen-bond acceptors (Lipinski definition) is 4. The normalized spacial score (nSPS) is 16.6. The summed E-state index contributed by atoms with van der Waals surface area (Å²) in [5, 5.41) is 0. The first kappa shape index (κ1) is 19.7. The monoisotopic (exact) mass is 368 g/mol. The molecule has 0 saturated carbocycles. The number of sulfonamides is 1. The van der Waals surface area contributed by atoms with Crippen LogP contribution in [0, 0.1) is 12.8 Å². The maximum absolute atomic E-state index is 12.9. The van der Waals surface area contributed by atoms with Gasteiger partial charge in [0.2, 0.25) is 15.9 Å². The number of amides is 1. The molecular formula is C18H28N2O4S. The molecule has 0 bridgehead atoms. The van der Waals surface area contributed by atoms with Gasteiger partial charge in [0.25, 0.3) is 0 Å². The van der Waals surface area contributed by atoms with Gasteiger partial charge in [0.15, 0.2) is 0 Å². The Morgan fingerprint density at radius 2 is 1.84 bits per heavy atom. The Hall–Kier alpha value is -1.60. The van der Waals surface area contributed by atoms with E-state index < -0.39 is 10.0 Å². The summed E-state index contributed by atoms with van der Waals surface area (Å²) in [6, 6.07) is 4.90. The third-order valence-electron chi connectivity index (χ3n) is 4.88. The number of rotatable bonds is 6. The highest BCUT2D eigenvalue weighted by Crippen LogP contribution is 2.27. The third-order valence-corrected chi connectivity index (χ3v) is 6.78. The van der Waals surface area contributed by atoms with Crippen molar-refractivity contribution in [2.75, 3.05) is 33.3 Å². The number of methoxy groups -OCH3 is 1. The fraction of sp³-hybridized carbons (Fsp3) is 0.611. The topological polar surface area (TPSA) is 66.9 Å². The Balaban J connectivity index is 2.09. The average molecular weight is 368 g/mol. The van der Waals surface area contributed by atoms with Crippen molar-refractivity contribution in [1.29, 1.82) is 0 Å². The lowest BCUT2D eigenvalue weighted by atomic mass is 9.96. The zero-order chi connectivity index (χ0) is 18.6.